The summed E-state index contributed by atoms with van der Waals surface area (Å²) in [5, 5.41) is 2.80. The first-order chi connectivity index (χ1) is 11.0. The molecule has 1 aromatic rings. The van der Waals surface area contributed by atoms with Crippen molar-refractivity contribution < 1.29 is 9.59 Å². The summed E-state index contributed by atoms with van der Waals surface area (Å²) in [5.41, 5.74) is 5.96. The predicted octanol–water partition coefficient (Wildman–Crippen LogP) is 0.918. The molecule has 0 saturated carbocycles. The lowest BCUT2D eigenvalue weighted by molar-refractivity contribution is -0.126. The Bertz CT molecular complexity index is 554. The fourth-order valence-electron chi connectivity index (χ4n) is 2.68. The summed E-state index contributed by atoms with van der Waals surface area (Å²) in [6, 6.07) is 3.60. The topological polar surface area (TPSA) is 91.6 Å². The van der Waals surface area contributed by atoms with E-state index in [1.54, 1.807) is 17.2 Å². The fraction of sp³-hybridized carbons (Fsp3) is 0.562. The quantitative estimate of drug-likeness (QED) is 0.778. The molecular formula is C16H27Cl2N5O2. The van der Waals surface area contributed by atoms with Crippen molar-refractivity contribution in [3.63, 3.8) is 0 Å². The number of likely N-dealkylation sites (tertiary alicyclic amines) is 1. The van der Waals surface area contributed by atoms with Gasteiger partial charge in [0.05, 0.1) is 11.5 Å². The molecule has 0 radical (unpaired) electrons. The number of rotatable bonds is 5. The fourth-order valence-corrected chi connectivity index (χ4v) is 2.68. The van der Waals surface area contributed by atoms with Crippen molar-refractivity contribution in [2.45, 2.75) is 12.8 Å². The Balaban J connectivity index is 0.00000288. The monoisotopic (exact) mass is 391 g/mol. The number of hydrogen-bond acceptors (Lipinski definition) is 5. The Morgan fingerprint density at radius 3 is 2.64 bits per heavy atom. The van der Waals surface area contributed by atoms with Gasteiger partial charge in [0, 0.05) is 46.5 Å². The molecule has 1 saturated heterocycles. The Hall–Kier alpha value is -1.57. The van der Waals surface area contributed by atoms with Gasteiger partial charge >= 0.3 is 0 Å². The molecule has 0 spiro atoms. The van der Waals surface area contributed by atoms with Gasteiger partial charge in [0.1, 0.15) is 5.82 Å². The van der Waals surface area contributed by atoms with Crippen LogP contribution in [0.25, 0.3) is 0 Å². The third-order valence-corrected chi connectivity index (χ3v) is 3.98. The van der Waals surface area contributed by atoms with Crippen molar-refractivity contribution in [1.29, 1.82) is 0 Å². The molecule has 1 atom stereocenters. The highest BCUT2D eigenvalue weighted by Crippen LogP contribution is 2.19. The van der Waals surface area contributed by atoms with Crippen LogP contribution in [-0.4, -0.2) is 62.0 Å². The molecule has 1 aliphatic heterocycles. The second kappa shape index (κ2) is 11.1. The number of pyridine rings is 1. The standard InChI is InChI=1S/C16H25N5O2.2ClH/c1-20(2)14-6-5-12(10-19-14)16(23)21-9-3-4-13(11-21)15(22)18-8-7-17;;/h5-6,10,13H,3-4,7-9,11,17H2,1-2H3,(H,18,22);2*1H. The van der Waals surface area contributed by atoms with Crippen LogP contribution in [0.15, 0.2) is 18.3 Å². The molecule has 0 bridgehead atoms. The minimum Gasteiger partial charge on any atom is -0.363 e. The Morgan fingerprint density at radius 1 is 1.36 bits per heavy atom. The lowest BCUT2D eigenvalue weighted by Crippen LogP contribution is -2.46. The average molecular weight is 392 g/mol. The second-order valence-corrected chi connectivity index (χ2v) is 5.97. The Kier molecular flexibility index (Phi) is 10.4. The molecule has 2 heterocycles. The molecule has 0 aromatic carbocycles. The first-order valence-electron chi connectivity index (χ1n) is 7.93. The third-order valence-electron chi connectivity index (χ3n) is 3.98. The van der Waals surface area contributed by atoms with Crippen molar-refractivity contribution in [1.82, 2.24) is 15.2 Å². The van der Waals surface area contributed by atoms with Crippen LogP contribution in [0.2, 0.25) is 0 Å². The number of carbonyl (C=O) groups excluding carboxylic acids is 2. The molecule has 1 aromatic heterocycles. The van der Waals surface area contributed by atoms with Crippen molar-refractivity contribution >= 4 is 42.4 Å². The smallest absolute Gasteiger partial charge is 0.255 e. The van der Waals surface area contributed by atoms with Gasteiger partial charge in [0.2, 0.25) is 5.91 Å². The number of anilines is 1. The number of amides is 2. The summed E-state index contributed by atoms with van der Waals surface area (Å²) in [4.78, 5) is 32.5. The summed E-state index contributed by atoms with van der Waals surface area (Å²) < 4.78 is 0. The summed E-state index contributed by atoms with van der Waals surface area (Å²) in [5.74, 6) is 0.556. The molecule has 9 heteroatoms. The summed E-state index contributed by atoms with van der Waals surface area (Å²) >= 11 is 0. The van der Waals surface area contributed by atoms with Gasteiger partial charge in [-0.3, -0.25) is 9.59 Å². The molecule has 0 aliphatic carbocycles. The van der Waals surface area contributed by atoms with Crippen LogP contribution in [0.5, 0.6) is 0 Å². The van der Waals surface area contributed by atoms with Crippen molar-refractivity contribution in [2.24, 2.45) is 11.7 Å². The number of carbonyl (C=O) groups is 2. The summed E-state index contributed by atoms with van der Waals surface area (Å²) in [6.45, 7) is 2.02. The van der Waals surface area contributed by atoms with Crippen LogP contribution in [0, 0.1) is 5.92 Å². The lowest BCUT2D eigenvalue weighted by Gasteiger charge is -2.32. The SMILES string of the molecule is CN(C)c1ccc(C(=O)N2CCCC(C(=O)NCCN)C2)cn1.Cl.Cl. The third kappa shape index (κ3) is 6.34. The van der Waals surface area contributed by atoms with E-state index in [0.29, 0.717) is 31.7 Å². The van der Waals surface area contributed by atoms with E-state index in [9.17, 15) is 9.59 Å². The maximum atomic E-state index is 12.6. The van der Waals surface area contributed by atoms with E-state index in [0.717, 1.165) is 18.7 Å². The average Bonchev–Trinajstić information content (AvgIpc) is 2.59. The van der Waals surface area contributed by atoms with E-state index < -0.39 is 0 Å². The zero-order valence-corrected chi connectivity index (χ0v) is 16.2. The minimum absolute atomic E-state index is 0. The molecule has 3 N–H and O–H groups in total. The zero-order chi connectivity index (χ0) is 16.8. The van der Waals surface area contributed by atoms with Crippen molar-refractivity contribution in [2.75, 3.05) is 45.2 Å². The number of nitrogens with two attached hydrogens (primary N) is 1. The van der Waals surface area contributed by atoms with E-state index in [2.05, 4.69) is 10.3 Å². The molecule has 25 heavy (non-hydrogen) atoms. The van der Waals surface area contributed by atoms with Gasteiger partial charge in [-0.2, -0.15) is 0 Å². The van der Waals surface area contributed by atoms with Crippen LogP contribution < -0.4 is 16.0 Å². The van der Waals surface area contributed by atoms with E-state index in [4.69, 9.17) is 5.73 Å². The molecule has 1 aliphatic rings. The van der Waals surface area contributed by atoms with Crippen molar-refractivity contribution in [3.05, 3.63) is 23.9 Å². The van der Waals surface area contributed by atoms with Crippen LogP contribution >= 0.6 is 24.8 Å². The van der Waals surface area contributed by atoms with Crippen LogP contribution in [0.1, 0.15) is 23.2 Å². The minimum atomic E-state index is -0.159. The molecule has 2 rings (SSSR count). The van der Waals surface area contributed by atoms with Gasteiger partial charge in [-0.1, -0.05) is 0 Å². The molecule has 7 nitrogen and oxygen atoms in total. The highest BCUT2D eigenvalue weighted by atomic mass is 35.5. The molecule has 2 amide bonds. The van der Waals surface area contributed by atoms with E-state index in [1.165, 1.54) is 0 Å². The van der Waals surface area contributed by atoms with Crippen LogP contribution in [0.3, 0.4) is 0 Å². The van der Waals surface area contributed by atoms with Gasteiger partial charge in [-0.15, -0.1) is 24.8 Å². The van der Waals surface area contributed by atoms with Gasteiger partial charge in [0.25, 0.3) is 5.91 Å². The largest absolute Gasteiger partial charge is 0.363 e. The number of piperidine rings is 1. The van der Waals surface area contributed by atoms with Crippen molar-refractivity contribution in [3.8, 4) is 0 Å². The number of nitrogens with zero attached hydrogens (tertiary/aromatic N) is 3. The van der Waals surface area contributed by atoms with Crippen LogP contribution in [-0.2, 0) is 4.79 Å². The number of halogens is 2. The van der Waals surface area contributed by atoms with Gasteiger partial charge < -0.3 is 20.9 Å². The van der Waals surface area contributed by atoms with E-state index >= 15 is 0 Å². The zero-order valence-electron chi connectivity index (χ0n) is 14.6. The van der Waals surface area contributed by atoms with Gasteiger partial charge in [-0.05, 0) is 25.0 Å². The van der Waals surface area contributed by atoms with Gasteiger partial charge in [-0.25, -0.2) is 4.98 Å². The Labute approximate surface area is 161 Å². The molecule has 1 fully saturated rings. The maximum Gasteiger partial charge on any atom is 0.255 e. The second-order valence-electron chi connectivity index (χ2n) is 5.97. The Morgan fingerprint density at radius 2 is 2.08 bits per heavy atom. The number of aromatic nitrogens is 1. The lowest BCUT2D eigenvalue weighted by atomic mass is 9.96. The maximum absolute atomic E-state index is 12.6. The summed E-state index contributed by atoms with van der Waals surface area (Å²) in [6.07, 6.45) is 3.23. The molecule has 142 valence electrons. The first kappa shape index (κ1) is 23.4. The van der Waals surface area contributed by atoms with E-state index in [1.807, 2.05) is 25.1 Å². The van der Waals surface area contributed by atoms with Gasteiger partial charge in [0.15, 0.2) is 0 Å². The van der Waals surface area contributed by atoms with Crippen LogP contribution in [0.4, 0.5) is 5.82 Å². The number of hydrogen-bond donors (Lipinski definition) is 2. The first-order valence-corrected chi connectivity index (χ1v) is 7.93. The number of nitrogens with one attached hydrogen (secondary N) is 1. The van der Waals surface area contributed by atoms with E-state index in [-0.39, 0.29) is 42.5 Å². The summed E-state index contributed by atoms with van der Waals surface area (Å²) in [7, 11) is 3.80. The highest BCUT2D eigenvalue weighted by molar-refractivity contribution is 5.94. The highest BCUT2D eigenvalue weighted by Gasteiger charge is 2.28. The molecule has 1 unspecified atom stereocenters. The molecular weight excluding hydrogens is 365 g/mol. The normalized spacial score (nSPS) is 16.3. The predicted molar refractivity (Wildman–Crippen MR) is 104 cm³/mol.